The highest BCUT2D eigenvalue weighted by Gasteiger charge is 2.43. The van der Waals surface area contributed by atoms with Gasteiger partial charge in [0, 0.05) is 25.6 Å². The molecule has 1 saturated heterocycles. The van der Waals surface area contributed by atoms with Gasteiger partial charge in [0.05, 0.1) is 13.2 Å². The van der Waals surface area contributed by atoms with Crippen molar-refractivity contribution < 1.29 is 9.53 Å². The Morgan fingerprint density at radius 2 is 2.15 bits per heavy atom. The second kappa shape index (κ2) is 5.44. The maximum Gasteiger partial charge on any atom is 0.217 e. The van der Waals surface area contributed by atoms with Gasteiger partial charge in [-0.2, -0.15) is 0 Å². The summed E-state index contributed by atoms with van der Waals surface area (Å²) in [6, 6.07) is 9.42. The predicted octanol–water partition coefficient (Wildman–Crippen LogP) is 2.11. The third-order valence-corrected chi connectivity index (χ3v) is 4.28. The lowest BCUT2D eigenvalue weighted by Gasteiger charge is -2.29. The molecule has 1 heterocycles. The van der Waals surface area contributed by atoms with Gasteiger partial charge < -0.3 is 10.1 Å². The summed E-state index contributed by atoms with van der Waals surface area (Å²) in [5, 5.41) is 3.12. The Bertz CT molecular complexity index is 499. The van der Waals surface area contributed by atoms with E-state index in [1.807, 2.05) is 12.1 Å². The van der Waals surface area contributed by atoms with E-state index in [0.717, 1.165) is 18.7 Å². The van der Waals surface area contributed by atoms with Gasteiger partial charge in [-0.1, -0.05) is 12.1 Å². The highest BCUT2D eigenvalue weighted by Crippen LogP contribution is 2.41. The monoisotopic (exact) mass is 274 g/mol. The summed E-state index contributed by atoms with van der Waals surface area (Å²) in [5.41, 5.74) is 1.24. The van der Waals surface area contributed by atoms with Crippen molar-refractivity contribution in [2.75, 3.05) is 13.7 Å². The number of ether oxygens (including phenoxy) is 1. The zero-order valence-corrected chi connectivity index (χ0v) is 12.1. The fraction of sp³-hybridized carbons (Fsp3) is 0.562. The van der Waals surface area contributed by atoms with E-state index in [4.69, 9.17) is 4.74 Å². The van der Waals surface area contributed by atoms with Crippen LogP contribution in [0, 0.1) is 0 Å². The van der Waals surface area contributed by atoms with Gasteiger partial charge >= 0.3 is 0 Å². The molecule has 0 aromatic heterocycles. The number of nitrogens with zero attached hydrogens (tertiary/aromatic N) is 1. The third kappa shape index (κ3) is 2.66. The van der Waals surface area contributed by atoms with Gasteiger partial charge in [0.15, 0.2) is 0 Å². The summed E-state index contributed by atoms with van der Waals surface area (Å²) < 4.78 is 5.34. The maximum absolute atomic E-state index is 11.4. The molecule has 1 aliphatic heterocycles. The van der Waals surface area contributed by atoms with Crippen molar-refractivity contribution in [3.05, 3.63) is 29.8 Å². The van der Waals surface area contributed by atoms with Gasteiger partial charge in [0.25, 0.3) is 0 Å². The zero-order valence-electron chi connectivity index (χ0n) is 12.1. The Balaban J connectivity index is 1.88. The van der Waals surface area contributed by atoms with Crippen molar-refractivity contribution in [1.82, 2.24) is 10.2 Å². The number of hydrogen-bond donors (Lipinski definition) is 1. The molecule has 2 aliphatic rings. The predicted molar refractivity (Wildman–Crippen MR) is 77.7 cm³/mol. The molecule has 1 aromatic carbocycles. The number of carbonyl (C=O) groups excluding carboxylic acids is 1. The van der Waals surface area contributed by atoms with Gasteiger partial charge in [-0.15, -0.1) is 0 Å². The first-order chi connectivity index (χ1) is 9.69. The lowest BCUT2D eigenvalue weighted by atomic mass is 9.99. The number of benzene rings is 1. The van der Waals surface area contributed by atoms with Crippen LogP contribution in [0.5, 0.6) is 5.75 Å². The van der Waals surface area contributed by atoms with Crippen molar-refractivity contribution in [2.45, 2.75) is 44.3 Å². The number of methoxy groups -OCH3 is 1. The Morgan fingerprint density at radius 3 is 2.80 bits per heavy atom. The van der Waals surface area contributed by atoms with Crippen LogP contribution in [0.25, 0.3) is 0 Å². The largest absolute Gasteiger partial charge is 0.497 e. The Kier molecular flexibility index (Phi) is 3.66. The van der Waals surface area contributed by atoms with Crippen molar-refractivity contribution in [3.63, 3.8) is 0 Å². The molecule has 0 bridgehead atoms. The van der Waals surface area contributed by atoms with Crippen LogP contribution >= 0.6 is 0 Å². The van der Waals surface area contributed by atoms with E-state index in [2.05, 4.69) is 22.3 Å². The molecule has 1 aromatic rings. The molecule has 20 heavy (non-hydrogen) atoms. The normalized spacial score (nSPS) is 26.5. The summed E-state index contributed by atoms with van der Waals surface area (Å²) in [6.07, 6.45) is 3.60. The molecular formula is C16H22N2O2. The van der Waals surface area contributed by atoms with Crippen LogP contribution in [0.3, 0.4) is 0 Å². The standard InChI is InChI=1S/C16H22N2O2/c1-11(19)17-15-8-9-18(13-6-7-13)16(15)12-4-3-5-14(10-12)20-2/h3-5,10,13,15-16H,6-9H2,1-2H3,(H,17,19)/t15-,16-/m0/s1. The second-order valence-electron chi connectivity index (χ2n) is 5.79. The van der Waals surface area contributed by atoms with E-state index in [0.29, 0.717) is 6.04 Å². The van der Waals surface area contributed by atoms with Gasteiger partial charge in [0.2, 0.25) is 5.91 Å². The number of hydrogen-bond acceptors (Lipinski definition) is 3. The fourth-order valence-corrected chi connectivity index (χ4v) is 3.29. The van der Waals surface area contributed by atoms with Crippen LogP contribution in [0.15, 0.2) is 24.3 Å². The first-order valence-electron chi connectivity index (χ1n) is 7.36. The van der Waals surface area contributed by atoms with E-state index in [9.17, 15) is 4.79 Å². The molecule has 1 saturated carbocycles. The molecule has 1 amide bonds. The van der Waals surface area contributed by atoms with Crippen molar-refractivity contribution in [3.8, 4) is 5.75 Å². The molecule has 108 valence electrons. The molecule has 0 radical (unpaired) electrons. The van der Waals surface area contributed by atoms with Crippen molar-refractivity contribution in [2.24, 2.45) is 0 Å². The molecule has 3 rings (SSSR count). The fourth-order valence-electron chi connectivity index (χ4n) is 3.29. The Morgan fingerprint density at radius 1 is 1.35 bits per heavy atom. The summed E-state index contributed by atoms with van der Waals surface area (Å²) in [7, 11) is 1.69. The van der Waals surface area contributed by atoms with Crippen molar-refractivity contribution in [1.29, 1.82) is 0 Å². The highest BCUT2D eigenvalue weighted by molar-refractivity contribution is 5.73. The SMILES string of the molecule is COc1cccc([C@H]2[C@@H](NC(C)=O)CCN2C2CC2)c1. The van der Waals surface area contributed by atoms with E-state index < -0.39 is 0 Å². The average molecular weight is 274 g/mol. The Hall–Kier alpha value is -1.55. The minimum atomic E-state index is 0.0561. The maximum atomic E-state index is 11.4. The molecule has 0 unspecified atom stereocenters. The van der Waals surface area contributed by atoms with Crippen LogP contribution in [0.2, 0.25) is 0 Å². The topological polar surface area (TPSA) is 41.6 Å². The van der Waals surface area contributed by atoms with Gasteiger partial charge in [-0.3, -0.25) is 9.69 Å². The van der Waals surface area contributed by atoms with Gasteiger partial charge in [-0.25, -0.2) is 0 Å². The van der Waals surface area contributed by atoms with Crippen LogP contribution in [0.4, 0.5) is 0 Å². The molecule has 2 fully saturated rings. The highest BCUT2D eigenvalue weighted by atomic mass is 16.5. The summed E-state index contributed by atoms with van der Waals surface area (Å²) in [5.74, 6) is 0.937. The summed E-state index contributed by atoms with van der Waals surface area (Å²) in [4.78, 5) is 14.0. The van der Waals surface area contributed by atoms with Crippen LogP contribution in [0.1, 0.15) is 37.8 Å². The first kappa shape index (κ1) is 13.4. The third-order valence-electron chi connectivity index (χ3n) is 4.28. The number of nitrogens with one attached hydrogen (secondary N) is 1. The minimum Gasteiger partial charge on any atom is -0.497 e. The molecule has 1 aliphatic carbocycles. The van der Waals surface area contributed by atoms with Crippen LogP contribution < -0.4 is 10.1 Å². The van der Waals surface area contributed by atoms with E-state index in [1.165, 1.54) is 18.4 Å². The van der Waals surface area contributed by atoms with E-state index in [-0.39, 0.29) is 18.0 Å². The number of amides is 1. The number of likely N-dealkylation sites (tertiary alicyclic amines) is 1. The van der Waals surface area contributed by atoms with Crippen LogP contribution in [-0.4, -0.2) is 36.5 Å². The molecular weight excluding hydrogens is 252 g/mol. The molecule has 1 N–H and O–H groups in total. The quantitative estimate of drug-likeness (QED) is 0.914. The minimum absolute atomic E-state index is 0.0561. The van der Waals surface area contributed by atoms with Gasteiger partial charge in [-0.05, 0) is 37.0 Å². The van der Waals surface area contributed by atoms with Crippen LogP contribution in [-0.2, 0) is 4.79 Å². The summed E-state index contributed by atoms with van der Waals surface area (Å²) in [6.45, 7) is 2.67. The number of carbonyl (C=O) groups is 1. The number of rotatable bonds is 4. The lowest BCUT2D eigenvalue weighted by Crippen LogP contribution is -2.39. The average Bonchev–Trinajstić information content (AvgIpc) is 3.20. The van der Waals surface area contributed by atoms with Crippen molar-refractivity contribution >= 4 is 5.91 Å². The smallest absolute Gasteiger partial charge is 0.217 e. The van der Waals surface area contributed by atoms with Gasteiger partial charge in [0.1, 0.15) is 5.75 Å². The second-order valence-corrected chi connectivity index (χ2v) is 5.79. The molecule has 2 atom stereocenters. The van der Waals surface area contributed by atoms with E-state index >= 15 is 0 Å². The molecule has 4 heteroatoms. The lowest BCUT2D eigenvalue weighted by molar-refractivity contribution is -0.119. The zero-order chi connectivity index (χ0) is 14.1. The Labute approximate surface area is 120 Å². The molecule has 4 nitrogen and oxygen atoms in total. The summed E-state index contributed by atoms with van der Waals surface area (Å²) >= 11 is 0. The van der Waals surface area contributed by atoms with E-state index in [1.54, 1.807) is 14.0 Å². The molecule has 0 spiro atoms. The first-order valence-corrected chi connectivity index (χ1v) is 7.36.